The van der Waals surface area contributed by atoms with E-state index in [4.69, 9.17) is 0 Å². The lowest BCUT2D eigenvalue weighted by Crippen LogP contribution is -2.32. The summed E-state index contributed by atoms with van der Waals surface area (Å²) in [5.74, 6) is -1.20. The van der Waals surface area contributed by atoms with Crippen molar-refractivity contribution in [2.75, 3.05) is 12.8 Å². The first-order valence-corrected chi connectivity index (χ1v) is 6.41. The Bertz CT molecular complexity index is 450. The van der Waals surface area contributed by atoms with Crippen LogP contribution in [0.1, 0.15) is 18.5 Å². The number of rotatable bonds is 1. The van der Waals surface area contributed by atoms with E-state index in [0.29, 0.717) is 16.2 Å². The van der Waals surface area contributed by atoms with Gasteiger partial charge in [0.2, 0.25) is 0 Å². The predicted molar refractivity (Wildman–Crippen MR) is 58.6 cm³/mol. The van der Waals surface area contributed by atoms with Crippen LogP contribution in [0.4, 0.5) is 8.78 Å². The van der Waals surface area contributed by atoms with Gasteiger partial charge in [-0.1, -0.05) is 6.92 Å². The maximum absolute atomic E-state index is 13.2. The van der Waals surface area contributed by atoms with Crippen LogP contribution in [0, 0.1) is 17.6 Å². The second kappa shape index (κ2) is 4.22. The highest BCUT2D eigenvalue weighted by Gasteiger charge is 2.31. The second-order valence-electron chi connectivity index (χ2n) is 4.06. The number of hydrogen-bond acceptors (Lipinski definition) is 2. The van der Waals surface area contributed by atoms with Crippen LogP contribution in [-0.2, 0) is 10.8 Å². The molecule has 0 fully saturated rings. The summed E-state index contributed by atoms with van der Waals surface area (Å²) >= 11 is 0. The first-order valence-electron chi connectivity index (χ1n) is 5.09. The van der Waals surface area contributed by atoms with Gasteiger partial charge in [0.1, 0.15) is 0 Å². The van der Waals surface area contributed by atoms with Crippen LogP contribution in [-0.4, -0.2) is 17.0 Å². The number of halogens is 2. The average Bonchev–Trinajstić information content (AvgIpc) is 2.22. The summed E-state index contributed by atoms with van der Waals surface area (Å²) < 4.78 is 38.1. The largest absolute Gasteiger partial charge is 0.313 e. The quantitative estimate of drug-likeness (QED) is 0.819. The Morgan fingerprint density at radius 2 is 2.00 bits per heavy atom. The van der Waals surface area contributed by atoms with E-state index in [1.54, 1.807) is 7.05 Å². The van der Waals surface area contributed by atoms with Crippen LogP contribution in [0.25, 0.3) is 0 Å². The molecule has 1 heterocycles. The molecule has 1 aromatic rings. The summed E-state index contributed by atoms with van der Waals surface area (Å²) in [4.78, 5) is 0.413. The Hall–Kier alpha value is -0.810. The fraction of sp³-hybridized carbons (Fsp3) is 0.455. The van der Waals surface area contributed by atoms with Gasteiger partial charge in [-0.3, -0.25) is 4.21 Å². The molecule has 0 bridgehead atoms. The smallest absolute Gasteiger partial charge is 0.160 e. The molecule has 2 nitrogen and oxygen atoms in total. The van der Waals surface area contributed by atoms with E-state index >= 15 is 0 Å². The fourth-order valence-corrected chi connectivity index (χ4v) is 3.69. The van der Waals surface area contributed by atoms with Gasteiger partial charge in [-0.2, -0.15) is 0 Å². The van der Waals surface area contributed by atoms with Crippen LogP contribution in [0.15, 0.2) is 17.0 Å². The lowest BCUT2D eigenvalue weighted by atomic mass is 9.95. The zero-order chi connectivity index (χ0) is 11.9. The first-order chi connectivity index (χ1) is 7.54. The zero-order valence-corrected chi connectivity index (χ0v) is 9.91. The molecule has 0 aromatic heterocycles. The van der Waals surface area contributed by atoms with Crippen molar-refractivity contribution in [1.29, 1.82) is 0 Å². The highest BCUT2D eigenvalue weighted by atomic mass is 32.2. The normalized spacial score (nSPS) is 28.9. The summed E-state index contributed by atoms with van der Waals surface area (Å²) in [5, 5.41) is 3.05. The maximum Gasteiger partial charge on any atom is 0.160 e. The van der Waals surface area contributed by atoms with Gasteiger partial charge in [-0.15, -0.1) is 0 Å². The minimum atomic E-state index is -1.23. The van der Waals surface area contributed by atoms with Crippen molar-refractivity contribution in [2.24, 2.45) is 5.92 Å². The first kappa shape index (κ1) is 11.7. The zero-order valence-electron chi connectivity index (χ0n) is 9.09. The van der Waals surface area contributed by atoms with E-state index in [0.717, 1.165) is 12.1 Å². The lowest BCUT2D eigenvalue weighted by molar-refractivity contribution is 0.422. The van der Waals surface area contributed by atoms with Gasteiger partial charge in [-0.25, -0.2) is 8.78 Å². The maximum atomic E-state index is 13.2. The Morgan fingerprint density at radius 1 is 1.38 bits per heavy atom. The third-order valence-electron chi connectivity index (χ3n) is 2.93. The molecular formula is C11H13F2NOS. The number of nitrogens with one attached hydrogen (secondary N) is 1. The highest BCUT2D eigenvalue weighted by Crippen LogP contribution is 2.34. The summed E-state index contributed by atoms with van der Waals surface area (Å²) in [6, 6.07) is 2.14. The molecule has 1 aliphatic rings. The molecule has 16 heavy (non-hydrogen) atoms. The Balaban J connectivity index is 2.59. The third-order valence-corrected chi connectivity index (χ3v) is 4.60. The van der Waals surface area contributed by atoms with Crippen molar-refractivity contribution in [3.8, 4) is 0 Å². The van der Waals surface area contributed by atoms with Crippen LogP contribution in [0.5, 0.6) is 0 Å². The SMILES string of the molecule is CNC1c2cc(F)c(F)cc2S(=O)CC1C. The molecule has 0 spiro atoms. The second-order valence-corrected chi connectivity index (χ2v) is 5.52. The summed E-state index contributed by atoms with van der Waals surface area (Å²) in [5.41, 5.74) is 0.610. The van der Waals surface area contributed by atoms with Crippen molar-refractivity contribution < 1.29 is 13.0 Å². The molecule has 0 aliphatic carbocycles. The molecule has 1 aromatic carbocycles. The molecule has 2 rings (SSSR count). The van der Waals surface area contributed by atoms with Crippen LogP contribution in [0.2, 0.25) is 0 Å². The van der Waals surface area contributed by atoms with Gasteiger partial charge in [0, 0.05) is 16.7 Å². The number of hydrogen-bond donors (Lipinski definition) is 1. The highest BCUT2D eigenvalue weighted by molar-refractivity contribution is 7.85. The van der Waals surface area contributed by atoms with E-state index < -0.39 is 22.4 Å². The van der Waals surface area contributed by atoms with Gasteiger partial charge in [-0.05, 0) is 30.7 Å². The minimum absolute atomic E-state index is 0.0669. The molecule has 1 aliphatic heterocycles. The van der Waals surface area contributed by atoms with Crippen molar-refractivity contribution in [2.45, 2.75) is 17.9 Å². The van der Waals surface area contributed by atoms with Crippen LogP contribution in [0.3, 0.4) is 0 Å². The van der Waals surface area contributed by atoms with Crippen LogP contribution < -0.4 is 5.32 Å². The summed E-state index contributed by atoms with van der Waals surface area (Å²) in [7, 11) is 0.532. The molecule has 1 N–H and O–H groups in total. The van der Waals surface area contributed by atoms with Crippen molar-refractivity contribution in [3.05, 3.63) is 29.3 Å². The fourth-order valence-electron chi connectivity index (χ4n) is 2.16. The van der Waals surface area contributed by atoms with Crippen molar-refractivity contribution in [3.63, 3.8) is 0 Å². The van der Waals surface area contributed by atoms with E-state index in [2.05, 4.69) is 5.32 Å². The van der Waals surface area contributed by atoms with Gasteiger partial charge < -0.3 is 5.32 Å². The average molecular weight is 245 g/mol. The van der Waals surface area contributed by atoms with Gasteiger partial charge in [0.15, 0.2) is 11.6 Å². The van der Waals surface area contributed by atoms with E-state index in [1.807, 2.05) is 6.92 Å². The number of fused-ring (bicyclic) bond motifs is 1. The third kappa shape index (κ3) is 1.78. The van der Waals surface area contributed by atoms with E-state index in [9.17, 15) is 13.0 Å². The molecule has 0 radical (unpaired) electrons. The van der Waals surface area contributed by atoms with E-state index in [1.165, 1.54) is 0 Å². The van der Waals surface area contributed by atoms with Gasteiger partial charge in [0.25, 0.3) is 0 Å². The molecular weight excluding hydrogens is 232 g/mol. The topological polar surface area (TPSA) is 29.1 Å². The Morgan fingerprint density at radius 3 is 2.62 bits per heavy atom. The van der Waals surface area contributed by atoms with Gasteiger partial charge >= 0.3 is 0 Å². The molecule has 5 heteroatoms. The van der Waals surface area contributed by atoms with Crippen molar-refractivity contribution >= 4 is 10.8 Å². The molecule has 0 amide bonds. The van der Waals surface area contributed by atoms with Crippen molar-refractivity contribution in [1.82, 2.24) is 5.32 Å². The molecule has 3 atom stereocenters. The van der Waals surface area contributed by atoms with Gasteiger partial charge in [0.05, 0.1) is 10.8 Å². The minimum Gasteiger partial charge on any atom is -0.313 e. The van der Waals surface area contributed by atoms with Crippen LogP contribution >= 0.6 is 0 Å². The number of benzene rings is 1. The molecule has 88 valence electrons. The summed E-state index contributed by atoms with van der Waals surface area (Å²) in [6.07, 6.45) is 0. The Kier molecular flexibility index (Phi) is 3.08. The standard InChI is InChI=1S/C11H13F2NOS/c1-6-5-16(15)10-4-9(13)8(12)3-7(10)11(6)14-2/h3-4,6,11,14H,5H2,1-2H3. The molecule has 0 saturated heterocycles. The Labute approximate surface area is 95.5 Å². The lowest BCUT2D eigenvalue weighted by Gasteiger charge is -2.30. The molecule has 0 saturated carbocycles. The van der Waals surface area contributed by atoms with E-state index in [-0.39, 0.29) is 12.0 Å². The predicted octanol–water partition coefficient (Wildman–Crippen LogP) is 1.98. The summed E-state index contributed by atoms with van der Waals surface area (Å²) in [6.45, 7) is 1.95. The monoisotopic (exact) mass is 245 g/mol. The molecule has 3 unspecified atom stereocenters.